The molecule has 1 aromatic heterocycles. The number of aromatic nitrogens is 2. The van der Waals surface area contributed by atoms with Crippen LogP contribution in [0, 0.1) is 6.92 Å². The number of rotatable bonds is 6. The smallest absolute Gasteiger partial charge is 0.316 e. The van der Waals surface area contributed by atoms with E-state index in [1.54, 1.807) is 31.5 Å². The minimum atomic E-state index is -3.50. The molecule has 0 unspecified atom stereocenters. The maximum Gasteiger partial charge on any atom is 0.316 e. The minimum Gasteiger partial charge on any atom is -0.467 e. The molecule has 3 aromatic rings. The highest BCUT2D eigenvalue weighted by Crippen LogP contribution is 2.26. The van der Waals surface area contributed by atoms with Crippen LogP contribution < -0.4 is 10.1 Å². The van der Waals surface area contributed by atoms with Gasteiger partial charge in [0.25, 0.3) is 5.91 Å². The van der Waals surface area contributed by atoms with Crippen LogP contribution in [0.15, 0.2) is 59.8 Å². The largest absolute Gasteiger partial charge is 0.467 e. The average molecular weight is 426 g/mol. The van der Waals surface area contributed by atoms with Crippen molar-refractivity contribution < 1.29 is 17.9 Å². The molecule has 30 heavy (non-hydrogen) atoms. The SMILES string of the molecule is COc1ncc([C@@H](C)NC(=O)c2cc(-c3ccc(C)cc3)cc(S(C)(=O)=O)c2)cn1. The van der Waals surface area contributed by atoms with Gasteiger partial charge >= 0.3 is 6.01 Å². The quantitative estimate of drug-likeness (QED) is 0.650. The topological polar surface area (TPSA) is 98.2 Å². The summed E-state index contributed by atoms with van der Waals surface area (Å²) in [5.74, 6) is -0.392. The van der Waals surface area contributed by atoms with Gasteiger partial charge in [-0.15, -0.1) is 0 Å². The summed E-state index contributed by atoms with van der Waals surface area (Å²) in [7, 11) is -2.03. The van der Waals surface area contributed by atoms with E-state index in [9.17, 15) is 13.2 Å². The average Bonchev–Trinajstić information content (AvgIpc) is 2.73. The van der Waals surface area contributed by atoms with Crippen LogP contribution in [0.3, 0.4) is 0 Å². The molecule has 0 saturated carbocycles. The third kappa shape index (κ3) is 5.01. The number of sulfone groups is 1. The molecule has 1 N–H and O–H groups in total. The summed E-state index contributed by atoms with van der Waals surface area (Å²) >= 11 is 0. The molecule has 0 aliphatic heterocycles. The van der Waals surface area contributed by atoms with Crippen molar-refractivity contribution in [3.8, 4) is 17.1 Å². The Balaban J connectivity index is 1.93. The van der Waals surface area contributed by atoms with E-state index in [4.69, 9.17) is 4.74 Å². The van der Waals surface area contributed by atoms with Gasteiger partial charge in [-0.25, -0.2) is 18.4 Å². The lowest BCUT2D eigenvalue weighted by Gasteiger charge is -2.15. The van der Waals surface area contributed by atoms with Crippen molar-refractivity contribution in [1.82, 2.24) is 15.3 Å². The zero-order valence-corrected chi connectivity index (χ0v) is 18.0. The zero-order chi connectivity index (χ0) is 21.9. The van der Waals surface area contributed by atoms with Crippen molar-refractivity contribution in [2.45, 2.75) is 24.8 Å². The van der Waals surface area contributed by atoms with E-state index in [1.165, 1.54) is 13.2 Å². The molecule has 8 heteroatoms. The number of benzene rings is 2. The Labute approximate surface area is 176 Å². The van der Waals surface area contributed by atoms with Gasteiger partial charge in [0.05, 0.1) is 18.0 Å². The van der Waals surface area contributed by atoms with Crippen molar-refractivity contribution in [2.24, 2.45) is 0 Å². The third-order valence-electron chi connectivity index (χ3n) is 4.66. The Bertz CT molecular complexity index is 1160. The lowest BCUT2D eigenvalue weighted by atomic mass is 10.0. The Kier molecular flexibility index (Phi) is 6.17. The number of hydrogen-bond donors (Lipinski definition) is 1. The summed E-state index contributed by atoms with van der Waals surface area (Å²) in [6.07, 6.45) is 4.27. The lowest BCUT2D eigenvalue weighted by Crippen LogP contribution is -2.27. The number of hydrogen-bond acceptors (Lipinski definition) is 6. The number of amides is 1. The molecule has 1 heterocycles. The summed E-state index contributed by atoms with van der Waals surface area (Å²) in [6.45, 7) is 3.77. The first-order valence-corrected chi connectivity index (χ1v) is 11.2. The van der Waals surface area contributed by atoms with Gasteiger partial charge in [-0.05, 0) is 43.2 Å². The fourth-order valence-corrected chi connectivity index (χ4v) is 3.56. The van der Waals surface area contributed by atoms with Gasteiger partial charge < -0.3 is 10.1 Å². The maximum atomic E-state index is 12.9. The molecule has 0 spiro atoms. The van der Waals surface area contributed by atoms with Crippen molar-refractivity contribution >= 4 is 15.7 Å². The molecule has 0 saturated heterocycles. The Morgan fingerprint density at radius 3 is 2.23 bits per heavy atom. The first-order chi connectivity index (χ1) is 14.2. The number of carbonyl (C=O) groups excluding carboxylic acids is 1. The van der Waals surface area contributed by atoms with Gasteiger partial charge in [0.15, 0.2) is 9.84 Å². The predicted molar refractivity (Wildman–Crippen MR) is 114 cm³/mol. The molecular weight excluding hydrogens is 402 g/mol. The highest BCUT2D eigenvalue weighted by molar-refractivity contribution is 7.90. The van der Waals surface area contributed by atoms with E-state index in [1.807, 2.05) is 31.2 Å². The number of methoxy groups -OCH3 is 1. The molecule has 0 aliphatic carbocycles. The molecule has 1 amide bonds. The molecule has 3 rings (SSSR count). The lowest BCUT2D eigenvalue weighted by molar-refractivity contribution is 0.0939. The fourth-order valence-electron chi connectivity index (χ4n) is 2.88. The predicted octanol–water partition coefficient (Wildman–Crippen LogP) is 3.36. The van der Waals surface area contributed by atoms with Gasteiger partial charge in [-0.2, -0.15) is 0 Å². The summed E-state index contributed by atoms with van der Waals surface area (Å²) < 4.78 is 29.3. The van der Waals surface area contributed by atoms with Crippen LogP contribution in [0.5, 0.6) is 6.01 Å². The van der Waals surface area contributed by atoms with Crippen molar-refractivity contribution in [1.29, 1.82) is 0 Å². The molecule has 156 valence electrons. The molecule has 1 atom stereocenters. The van der Waals surface area contributed by atoms with E-state index in [0.717, 1.165) is 17.4 Å². The van der Waals surface area contributed by atoms with Gasteiger partial charge in [-0.3, -0.25) is 4.79 Å². The summed E-state index contributed by atoms with van der Waals surface area (Å²) in [5.41, 5.74) is 3.53. The van der Waals surface area contributed by atoms with Crippen LogP contribution in [0.25, 0.3) is 11.1 Å². The zero-order valence-electron chi connectivity index (χ0n) is 17.2. The van der Waals surface area contributed by atoms with Gasteiger partial charge in [0, 0.05) is 29.8 Å². The van der Waals surface area contributed by atoms with Crippen molar-refractivity contribution in [3.05, 3.63) is 71.5 Å². The van der Waals surface area contributed by atoms with E-state index in [-0.39, 0.29) is 22.5 Å². The molecular formula is C22H23N3O4S. The highest BCUT2D eigenvalue weighted by atomic mass is 32.2. The summed E-state index contributed by atoms with van der Waals surface area (Å²) in [4.78, 5) is 21.1. The maximum absolute atomic E-state index is 12.9. The third-order valence-corrected chi connectivity index (χ3v) is 5.75. The van der Waals surface area contributed by atoms with Crippen LogP contribution in [0.1, 0.15) is 34.5 Å². The Morgan fingerprint density at radius 2 is 1.67 bits per heavy atom. The second-order valence-corrected chi connectivity index (χ2v) is 9.10. The first kappa shape index (κ1) is 21.4. The molecule has 2 aromatic carbocycles. The summed E-state index contributed by atoms with van der Waals surface area (Å²) in [6, 6.07) is 12.2. The second kappa shape index (κ2) is 8.62. The number of carbonyl (C=O) groups is 1. The standard InChI is InChI=1S/C22H23N3O4S/c1-14-5-7-16(8-6-14)17-9-18(11-20(10-17)30(4,27)28)21(26)25-15(2)19-12-23-22(29-3)24-13-19/h5-13,15H,1-4H3,(H,25,26)/t15-/m1/s1. The Hall–Kier alpha value is -3.26. The molecule has 7 nitrogen and oxygen atoms in total. The van der Waals surface area contributed by atoms with Crippen LogP contribution in [0.4, 0.5) is 0 Å². The number of ether oxygens (including phenoxy) is 1. The summed E-state index contributed by atoms with van der Waals surface area (Å²) in [5, 5.41) is 2.86. The minimum absolute atomic E-state index is 0.0890. The monoisotopic (exact) mass is 425 g/mol. The number of aryl methyl sites for hydroxylation is 1. The van der Waals surface area contributed by atoms with Crippen LogP contribution in [-0.2, 0) is 9.84 Å². The molecule has 0 fully saturated rings. The van der Waals surface area contributed by atoms with E-state index >= 15 is 0 Å². The van der Waals surface area contributed by atoms with Gasteiger partial charge in [0.2, 0.25) is 0 Å². The fraction of sp³-hybridized carbons (Fsp3) is 0.227. The number of nitrogens with zero attached hydrogens (tertiary/aromatic N) is 2. The highest BCUT2D eigenvalue weighted by Gasteiger charge is 2.17. The van der Waals surface area contributed by atoms with Gasteiger partial charge in [0.1, 0.15) is 0 Å². The first-order valence-electron chi connectivity index (χ1n) is 9.26. The van der Waals surface area contributed by atoms with Crippen LogP contribution in [-0.4, -0.2) is 37.7 Å². The normalized spacial score (nSPS) is 12.3. The van der Waals surface area contributed by atoms with E-state index < -0.39 is 15.7 Å². The van der Waals surface area contributed by atoms with Crippen molar-refractivity contribution in [2.75, 3.05) is 13.4 Å². The van der Waals surface area contributed by atoms with E-state index in [2.05, 4.69) is 15.3 Å². The Morgan fingerprint density at radius 1 is 1.03 bits per heavy atom. The number of nitrogens with one attached hydrogen (secondary N) is 1. The molecule has 0 aliphatic rings. The second-order valence-electron chi connectivity index (χ2n) is 7.08. The van der Waals surface area contributed by atoms with E-state index in [0.29, 0.717) is 11.1 Å². The van der Waals surface area contributed by atoms with Gasteiger partial charge in [-0.1, -0.05) is 29.8 Å². The van der Waals surface area contributed by atoms with Crippen LogP contribution in [0.2, 0.25) is 0 Å². The molecule has 0 radical (unpaired) electrons. The van der Waals surface area contributed by atoms with Crippen LogP contribution >= 0.6 is 0 Å². The molecule has 0 bridgehead atoms. The van der Waals surface area contributed by atoms with Crippen molar-refractivity contribution in [3.63, 3.8) is 0 Å².